The lowest BCUT2D eigenvalue weighted by Crippen LogP contribution is -2.12. The summed E-state index contributed by atoms with van der Waals surface area (Å²) in [5.41, 5.74) is 1.12. The van der Waals surface area contributed by atoms with Crippen LogP contribution in [0, 0.1) is 11.8 Å². The van der Waals surface area contributed by atoms with Gasteiger partial charge in [-0.3, -0.25) is 4.79 Å². The monoisotopic (exact) mass is 170 g/mol. The molecule has 0 aromatic rings. The second-order valence-corrected chi connectivity index (χ2v) is 3.71. The standard InChI is InChI=1S/C10H18O2/c1-7(2)5-8(3)9(4)6-10(11)12/h8-9H,1,5-6H2,2-4H3,(H,11,12). The van der Waals surface area contributed by atoms with E-state index in [4.69, 9.17) is 5.11 Å². The molecule has 70 valence electrons. The van der Waals surface area contributed by atoms with E-state index >= 15 is 0 Å². The maximum absolute atomic E-state index is 10.4. The quantitative estimate of drug-likeness (QED) is 0.644. The molecule has 0 amide bonds. The molecule has 0 fully saturated rings. The van der Waals surface area contributed by atoms with Crippen molar-refractivity contribution in [2.75, 3.05) is 0 Å². The van der Waals surface area contributed by atoms with Gasteiger partial charge in [-0.15, -0.1) is 6.58 Å². The third-order valence-electron chi connectivity index (χ3n) is 2.14. The maximum Gasteiger partial charge on any atom is 0.303 e. The molecule has 0 bridgehead atoms. The summed E-state index contributed by atoms with van der Waals surface area (Å²) in [6.45, 7) is 9.83. The van der Waals surface area contributed by atoms with Gasteiger partial charge < -0.3 is 5.11 Å². The zero-order chi connectivity index (χ0) is 9.72. The molecule has 2 unspecified atom stereocenters. The fourth-order valence-corrected chi connectivity index (χ4v) is 1.23. The Balaban J connectivity index is 3.83. The van der Waals surface area contributed by atoms with Crippen LogP contribution in [0.4, 0.5) is 0 Å². The van der Waals surface area contributed by atoms with Crippen LogP contribution in [-0.2, 0) is 4.79 Å². The number of allylic oxidation sites excluding steroid dienone is 1. The van der Waals surface area contributed by atoms with Gasteiger partial charge in [-0.2, -0.15) is 0 Å². The van der Waals surface area contributed by atoms with Crippen molar-refractivity contribution >= 4 is 5.97 Å². The number of rotatable bonds is 5. The van der Waals surface area contributed by atoms with Gasteiger partial charge in [0.05, 0.1) is 0 Å². The first kappa shape index (κ1) is 11.2. The average molecular weight is 170 g/mol. The summed E-state index contributed by atoms with van der Waals surface area (Å²) in [6.07, 6.45) is 1.18. The fourth-order valence-electron chi connectivity index (χ4n) is 1.23. The molecule has 0 aliphatic heterocycles. The van der Waals surface area contributed by atoms with Gasteiger partial charge >= 0.3 is 5.97 Å². The molecule has 0 aromatic heterocycles. The van der Waals surface area contributed by atoms with Crippen LogP contribution in [0.3, 0.4) is 0 Å². The summed E-state index contributed by atoms with van der Waals surface area (Å²) < 4.78 is 0. The first-order valence-corrected chi connectivity index (χ1v) is 4.29. The lowest BCUT2D eigenvalue weighted by atomic mass is 9.88. The SMILES string of the molecule is C=C(C)CC(C)C(C)CC(=O)O. The number of carboxylic acid groups (broad SMARTS) is 1. The Morgan fingerprint density at radius 3 is 2.08 bits per heavy atom. The molecule has 12 heavy (non-hydrogen) atoms. The highest BCUT2D eigenvalue weighted by atomic mass is 16.4. The molecule has 0 heterocycles. The summed E-state index contributed by atoms with van der Waals surface area (Å²) >= 11 is 0. The first-order valence-electron chi connectivity index (χ1n) is 4.29. The summed E-state index contributed by atoms with van der Waals surface area (Å²) in [7, 11) is 0. The largest absolute Gasteiger partial charge is 0.481 e. The summed E-state index contributed by atoms with van der Waals surface area (Å²) in [5, 5.41) is 8.54. The molecule has 0 rings (SSSR count). The summed E-state index contributed by atoms with van der Waals surface area (Å²) in [6, 6.07) is 0. The van der Waals surface area contributed by atoms with E-state index in [2.05, 4.69) is 13.5 Å². The Labute approximate surface area is 74.3 Å². The van der Waals surface area contributed by atoms with Gasteiger partial charge in [0.25, 0.3) is 0 Å². The Morgan fingerprint density at radius 1 is 1.33 bits per heavy atom. The van der Waals surface area contributed by atoms with Crippen molar-refractivity contribution in [2.24, 2.45) is 11.8 Å². The molecule has 0 spiro atoms. The second kappa shape index (κ2) is 4.96. The Hall–Kier alpha value is -0.790. The Morgan fingerprint density at radius 2 is 1.75 bits per heavy atom. The second-order valence-electron chi connectivity index (χ2n) is 3.71. The van der Waals surface area contributed by atoms with Crippen LogP contribution in [0.5, 0.6) is 0 Å². The summed E-state index contributed by atoms with van der Waals surface area (Å²) in [4.78, 5) is 10.4. The van der Waals surface area contributed by atoms with E-state index < -0.39 is 5.97 Å². The highest BCUT2D eigenvalue weighted by Gasteiger charge is 2.15. The molecule has 2 nitrogen and oxygen atoms in total. The van der Waals surface area contributed by atoms with Crippen molar-refractivity contribution in [3.05, 3.63) is 12.2 Å². The van der Waals surface area contributed by atoms with E-state index in [0.717, 1.165) is 12.0 Å². The molecule has 0 aliphatic carbocycles. The Kier molecular flexibility index (Phi) is 4.64. The van der Waals surface area contributed by atoms with Crippen molar-refractivity contribution in [3.8, 4) is 0 Å². The predicted octanol–water partition coefficient (Wildman–Crippen LogP) is 2.70. The molecular weight excluding hydrogens is 152 g/mol. The van der Waals surface area contributed by atoms with Crippen LogP contribution in [0.2, 0.25) is 0 Å². The molecular formula is C10H18O2. The molecule has 0 radical (unpaired) electrons. The number of hydrogen-bond acceptors (Lipinski definition) is 1. The van der Waals surface area contributed by atoms with Crippen molar-refractivity contribution in [1.29, 1.82) is 0 Å². The zero-order valence-electron chi connectivity index (χ0n) is 8.13. The molecule has 0 aliphatic rings. The minimum absolute atomic E-state index is 0.235. The van der Waals surface area contributed by atoms with Gasteiger partial charge in [0.2, 0.25) is 0 Å². The van der Waals surface area contributed by atoms with Crippen LogP contribution in [0.15, 0.2) is 12.2 Å². The number of carboxylic acids is 1. The van der Waals surface area contributed by atoms with Crippen LogP contribution in [0.1, 0.15) is 33.6 Å². The van der Waals surface area contributed by atoms with Crippen LogP contribution >= 0.6 is 0 Å². The van der Waals surface area contributed by atoms with E-state index in [0.29, 0.717) is 5.92 Å². The molecule has 0 saturated carbocycles. The minimum atomic E-state index is -0.712. The number of aliphatic carboxylic acids is 1. The van der Waals surface area contributed by atoms with Crippen molar-refractivity contribution in [2.45, 2.75) is 33.6 Å². The zero-order valence-corrected chi connectivity index (χ0v) is 8.13. The van der Waals surface area contributed by atoms with E-state index in [1.807, 2.05) is 13.8 Å². The van der Waals surface area contributed by atoms with Crippen molar-refractivity contribution in [3.63, 3.8) is 0 Å². The Bertz CT molecular complexity index is 153. The molecule has 1 N–H and O–H groups in total. The van der Waals surface area contributed by atoms with Gasteiger partial charge in [-0.05, 0) is 25.2 Å². The van der Waals surface area contributed by atoms with Gasteiger partial charge in [-0.25, -0.2) is 0 Å². The van der Waals surface area contributed by atoms with Gasteiger partial charge in [0.15, 0.2) is 0 Å². The van der Waals surface area contributed by atoms with Crippen LogP contribution in [0.25, 0.3) is 0 Å². The van der Waals surface area contributed by atoms with Crippen molar-refractivity contribution in [1.82, 2.24) is 0 Å². The molecule has 2 heteroatoms. The summed E-state index contributed by atoms with van der Waals surface area (Å²) in [5.74, 6) is -0.0612. The number of hydrogen-bond donors (Lipinski definition) is 1. The third-order valence-corrected chi connectivity index (χ3v) is 2.14. The normalized spacial score (nSPS) is 15.2. The highest BCUT2D eigenvalue weighted by Crippen LogP contribution is 2.21. The fraction of sp³-hybridized carbons (Fsp3) is 0.700. The lowest BCUT2D eigenvalue weighted by molar-refractivity contribution is -0.138. The first-order chi connectivity index (χ1) is 5.43. The maximum atomic E-state index is 10.4. The van der Waals surface area contributed by atoms with E-state index in [1.165, 1.54) is 0 Å². The van der Waals surface area contributed by atoms with Gasteiger partial charge in [0.1, 0.15) is 0 Å². The van der Waals surface area contributed by atoms with Gasteiger partial charge in [0, 0.05) is 6.42 Å². The minimum Gasteiger partial charge on any atom is -0.481 e. The predicted molar refractivity (Wildman–Crippen MR) is 50.0 cm³/mol. The lowest BCUT2D eigenvalue weighted by Gasteiger charge is -2.17. The van der Waals surface area contributed by atoms with E-state index in [9.17, 15) is 4.79 Å². The van der Waals surface area contributed by atoms with Crippen molar-refractivity contribution < 1.29 is 9.90 Å². The smallest absolute Gasteiger partial charge is 0.303 e. The number of carbonyl (C=O) groups is 1. The third kappa shape index (κ3) is 4.94. The van der Waals surface area contributed by atoms with E-state index in [-0.39, 0.29) is 12.3 Å². The topological polar surface area (TPSA) is 37.3 Å². The molecule has 0 aromatic carbocycles. The van der Waals surface area contributed by atoms with Crippen LogP contribution in [-0.4, -0.2) is 11.1 Å². The molecule has 2 atom stereocenters. The van der Waals surface area contributed by atoms with E-state index in [1.54, 1.807) is 0 Å². The average Bonchev–Trinajstić information content (AvgIpc) is 1.84. The highest BCUT2D eigenvalue weighted by molar-refractivity contribution is 5.66. The van der Waals surface area contributed by atoms with Crippen LogP contribution < -0.4 is 0 Å². The van der Waals surface area contributed by atoms with Gasteiger partial charge in [-0.1, -0.05) is 19.4 Å². The molecule has 0 saturated heterocycles.